The maximum atomic E-state index is 12.8. The van der Waals surface area contributed by atoms with Crippen molar-refractivity contribution < 1.29 is 14.4 Å². The van der Waals surface area contributed by atoms with Crippen LogP contribution in [0.25, 0.3) is 10.9 Å². The van der Waals surface area contributed by atoms with Gasteiger partial charge in [-0.25, -0.2) is 4.79 Å². The third-order valence-electron chi connectivity index (χ3n) is 5.35. The number of piperazine rings is 1. The fourth-order valence-electron chi connectivity index (χ4n) is 3.42. The Kier molecular flexibility index (Phi) is 4.99. The van der Waals surface area contributed by atoms with Crippen LogP contribution in [0.3, 0.4) is 0 Å². The van der Waals surface area contributed by atoms with Gasteiger partial charge in [0.2, 0.25) is 5.91 Å². The number of para-hydroxylation sites is 1. The van der Waals surface area contributed by atoms with E-state index < -0.39 is 12.1 Å². The lowest BCUT2D eigenvalue weighted by Gasteiger charge is -2.37. The van der Waals surface area contributed by atoms with Crippen molar-refractivity contribution in [3.8, 4) is 0 Å². The maximum absolute atomic E-state index is 12.8. The molecule has 2 aromatic rings. The molecule has 28 heavy (non-hydrogen) atoms. The Morgan fingerprint density at radius 2 is 1.86 bits per heavy atom. The number of aromatic nitrogens is 2. The minimum atomic E-state index is -0.437. The number of imide groups is 1. The fourth-order valence-corrected chi connectivity index (χ4v) is 3.42. The molecule has 1 aliphatic heterocycles. The van der Waals surface area contributed by atoms with Crippen LogP contribution in [0.2, 0.25) is 0 Å². The molecule has 2 aliphatic rings. The highest BCUT2D eigenvalue weighted by Gasteiger charge is 2.30. The van der Waals surface area contributed by atoms with E-state index >= 15 is 0 Å². The minimum absolute atomic E-state index is 0.113. The van der Waals surface area contributed by atoms with E-state index in [4.69, 9.17) is 0 Å². The Morgan fingerprint density at radius 1 is 1.14 bits per heavy atom. The number of urea groups is 1. The Labute approximate surface area is 162 Å². The number of nitrogens with zero attached hydrogens (tertiary/aromatic N) is 3. The summed E-state index contributed by atoms with van der Waals surface area (Å²) in [6.07, 6.45) is 1.94. The molecule has 1 saturated heterocycles. The van der Waals surface area contributed by atoms with Crippen molar-refractivity contribution in [3.63, 3.8) is 0 Å². The molecular weight excluding hydrogens is 360 g/mol. The van der Waals surface area contributed by atoms with Gasteiger partial charge < -0.3 is 10.2 Å². The number of hydrogen-bond acceptors (Lipinski definition) is 5. The number of carbonyl (C=O) groups excluding carboxylic acids is 3. The molecule has 0 spiro atoms. The van der Waals surface area contributed by atoms with Crippen LogP contribution in [0.5, 0.6) is 0 Å². The predicted molar refractivity (Wildman–Crippen MR) is 103 cm³/mol. The van der Waals surface area contributed by atoms with Gasteiger partial charge in [0, 0.05) is 37.6 Å². The first-order chi connectivity index (χ1) is 13.5. The zero-order chi connectivity index (χ0) is 19.7. The van der Waals surface area contributed by atoms with Gasteiger partial charge >= 0.3 is 6.03 Å². The van der Waals surface area contributed by atoms with Crippen LogP contribution < -0.4 is 10.6 Å². The van der Waals surface area contributed by atoms with Crippen molar-refractivity contribution in [1.29, 1.82) is 0 Å². The third-order valence-corrected chi connectivity index (χ3v) is 5.35. The van der Waals surface area contributed by atoms with Crippen LogP contribution >= 0.6 is 0 Å². The second-order valence-corrected chi connectivity index (χ2v) is 7.36. The van der Waals surface area contributed by atoms with Gasteiger partial charge in [0.25, 0.3) is 5.91 Å². The van der Waals surface area contributed by atoms with Crippen LogP contribution in [-0.4, -0.2) is 76.1 Å². The molecule has 148 valence electrons. The van der Waals surface area contributed by atoms with E-state index in [1.54, 1.807) is 11.8 Å². The summed E-state index contributed by atoms with van der Waals surface area (Å²) in [7, 11) is 0. The highest BCUT2D eigenvalue weighted by atomic mass is 16.2. The first-order valence-corrected chi connectivity index (χ1v) is 9.60. The average molecular weight is 384 g/mol. The molecule has 0 radical (unpaired) electrons. The van der Waals surface area contributed by atoms with Gasteiger partial charge in [0.05, 0.1) is 11.6 Å². The molecule has 4 amide bonds. The normalized spacial score (nSPS) is 18.7. The summed E-state index contributed by atoms with van der Waals surface area (Å²) in [5.74, 6) is -0.436. The van der Waals surface area contributed by atoms with E-state index in [0.29, 0.717) is 31.9 Å². The quantitative estimate of drug-likeness (QED) is 0.719. The number of benzene rings is 1. The first kappa shape index (κ1) is 18.4. The van der Waals surface area contributed by atoms with Crippen LogP contribution in [0.15, 0.2) is 24.3 Å². The number of rotatable bonds is 4. The van der Waals surface area contributed by atoms with E-state index in [0.717, 1.165) is 23.7 Å². The lowest BCUT2D eigenvalue weighted by Crippen LogP contribution is -2.56. The number of hydrogen-bond donors (Lipinski definition) is 3. The number of amides is 4. The van der Waals surface area contributed by atoms with Crippen molar-refractivity contribution >= 4 is 28.7 Å². The second kappa shape index (κ2) is 7.59. The fraction of sp³-hybridized carbons (Fsp3) is 0.474. The van der Waals surface area contributed by atoms with Gasteiger partial charge in [-0.1, -0.05) is 18.2 Å². The highest BCUT2D eigenvalue weighted by molar-refractivity contribution is 6.04. The van der Waals surface area contributed by atoms with Crippen molar-refractivity contribution in [3.05, 3.63) is 30.0 Å². The molecule has 3 N–H and O–H groups in total. The Hall–Kier alpha value is -2.94. The molecular formula is C19H24N6O3. The van der Waals surface area contributed by atoms with Gasteiger partial charge in [-0.05, 0) is 25.8 Å². The Bertz CT molecular complexity index is 898. The largest absolute Gasteiger partial charge is 0.335 e. The summed E-state index contributed by atoms with van der Waals surface area (Å²) in [5, 5.41) is 13.0. The standard InChI is InChI=1S/C19H24N6O3/c1-12(17(26)21-19(28)20-13-6-7-13)24-8-10-25(11-9-24)18(27)16-14-4-2-3-5-15(14)22-23-16/h2-5,12-13H,6-11H2,1H3,(H,22,23)(H2,20,21,26,28). The van der Waals surface area contributed by atoms with Crippen LogP contribution in [0, 0.1) is 0 Å². The van der Waals surface area contributed by atoms with E-state index in [2.05, 4.69) is 20.8 Å². The van der Waals surface area contributed by atoms with Crippen LogP contribution in [0.4, 0.5) is 4.79 Å². The summed E-state index contributed by atoms with van der Waals surface area (Å²) in [4.78, 5) is 40.6. The third kappa shape index (κ3) is 3.84. The monoisotopic (exact) mass is 384 g/mol. The van der Waals surface area contributed by atoms with Crippen LogP contribution in [0.1, 0.15) is 30.3 Å². The molecule has 2 fully saturated rings. The van der Waals surface area contributed by atoms with Gasteiger partial charge in [-0.15, -0.1) is 0 Å². The number of nitrogens with one attached hydrogen (secondary N) is 3. The molecule has 1 aliphatic carbocycles. The number of aromatic amines is 1. The molecule has 9 heteroatoms. The Morgan fingerprint density at radius 3 is 2.57 bits per heavy atom. The molecule has 4 rings (SSSR count). The van der Waals surface area contributed by atoms with Gasteiger partial charge in [-0.2, -0.15) is 5.10 Å². The molecule has 2 heterocycles. The lowest BCUT2D eigenvalue weighted by molar-refractivity contribution is -0.125. The summed E-state index contributed by atoms with van der Waals surface area (Å²) >= 11 is 0. The first-order valence-electron chi connectivity index (χ1n) is 9.60. The highest BCUT2D eigenvalue weighted by Crippen LogP contribution is 2.19. The van der Waals surface area contributed by atoms with Crippen molar-refractivity contribution in [2.45, 2.75) is 31.8 Å². The zero-order valence-electron chi connectivity index (χ0n) is 15.8. The summed E-state index contributed by atoms with van der Waals surface area (Å²) in [6.45, 7) is 3.91. The number of fused-ring (bicyclic) bond motifs is 1. The molecule has 0 bridgehead atoms. The predicted octanol–water partition coefficient (Wildman–Crippen LogP) is 0.697. The second-order valence-electron chi connectivity index (χ2n) is 7.36. The topological polar surface area (TPSA) is 110 Å². The molecule has 1 unspecified atom stereocenters. The van der Waals surface area contributed by atoms with Crippen LogP contribution in [-0.2, 0) is 4.79 Å². The minimum Gasteiger partial charge on any atom is -0.335 e. The summed E-state index contributed by atoms with van der Waals surface area (Å²) in [6, 6.07) is 6.87. The van der Waals surface area contributed by atoms with Crippen molar-refractivity contribution in [1.82, 2.24) is 30.6 Å². The van der Waals surface area contributed by atoms with E-state index in [1.807, 2.05) is 29.2 Å². The molecule has 1 saturated carbocycles. The maximum Gasteiger partial charge on any atom is 0.321 e. The Balaban J connectivity index is 1.31. The summed E-state index contributed by atoms with van der Waals surface area (Å²) < 4.78 is 0. The van der Waals surface area contributed by atoms with Crippen molar-refractivity contribution in [2.24, 2.45) is 0 Å². The molecule has 1 aromatic carbocycles. The molecule has 1 aromatic heterocycles. The van der Waals surface area contributed by atoms with Crippen molar-refractivity contribution in [2.75, 3.05) is 26.2 Å². The molecule has 9 nitrogen and oxygen atoms in total. The smallest absolute Gasteiger partial charge is 0.321 e. The number of H-pyrrole nitrogens is 1. The van der Waals surface area contributed by atoms with Gasteiger partial charge in [0.15, 0.2) is 5.69 Å². The van der Waals surface area contributed by atoms with Gasteiger partial charge in [0.1, 0.15) is 0 Å². The lowest BCUT2D eigenvalue weighted by atomic mass is 10.1. The van der Waals surface area contributed by atoms with E-state index in [1.165, 1.54) is 0 Å². The molecule has 1 atom stereocenters. The average Bonchev–Trinajstić information content (AvgIpc) is 3.41. The zero-order valence-corrected chi connectivity index (χ0v) is 15.8. The van der Waals surface area contributed by atoms with Gasteiger partial charge in [-0.3, -0.25) is 24.9 Å². The van der Waals surface area contributed by atoms with E-state index in [-0.39, 0.29) is 17.9 Å². The SMILES string of the molecule is CC(C(=O)NC(=O)NC1CC1)N1CCN(C(=O)c2n[nH]c3ccccc23)CC1. The summed E-state index contributed by atoms with van der Waals surface area (Å²) in [5.41, 5.74) is 1.26. The number of carbonyl (C=O) groups is 3. The van der Waals surface area contributed by atoms with E-state index in [9.17, 15) is 14.4 Å².